The first-order valence-corrected chi connectivity index (χ1v) is 6.54. The Morgan fingerprint density at radius 3 is 2.60 bits per heavy atom. The van der Waals surface area contributed by atoms with Gasteiger partial charge in [-0.15, -0.1) is 0 Å². The SMILES string of the molecule is [NH-]C(CCCCNC(=O)OCc1ccccc1)C(N)=O. The van der Waals surface area contributed by atoms with E-state index in [1.54, 1.807) is 0 Å². The minimum absolute atomic E-state index is 0.239. The largest absolute Gasteiger partial charge is 0.667 e. The first kappa shape index (κ1) is 16.0. The number of hydrogen-bond donors (Lipinski definition) is 2. The van der Waals surface area contributed by atoms with E-state index in [1.165, 1.54) is 0 Å². The lowest BCUT2D eigenvalue weighted by atomic mass is 10.1. The molecule has 0 saturated carbocycles. The lowest BCUT2D eigenvalue weighted by Crippen LogP contribution is -2.27. The number of amides is 2. The third-order valence-electron chi connectivity index (χ3n) is 2.75. The Hall–Kier alpha value is -2.08. The summed E-state index contributed by atoms with van der Waals surface area (Å²) in [5.41, 5.74) is 13.2. The molecule has 2 amide bonds. The number of carbonyl (C=O) groups is 2. The third kappa shape index (κ3) is 6.75. The standard InChI is InChI=1S/C14H20N3O3/c15-12(13(16)18)8-4-5-9-17-14(19)20-10-11-6-2-1-3-7-11/h1-3,6-7,12,15H,4-5,8-10H2,(H2,16,18)(H,17,19)/q-1. The zero-order valence-corrected chi connectivity index (χ0v) is 11.3. The minimum atomic E-state index is -0.861. The van der Waals surface area contributed by atoms with Gasteiger partial charge < -0.3 is 21.5 Å². The lowest BCUT2D eigenvalue weighted by Gasteiger charge is -2.14. The Morgan fingerprint density at radius 2 is 1.95 bits per heavy atom. The summed E-state index contributed by atoms with van der Waals surface area (Å²) in [5, 5.41) is 2.62. The molecule has 6 nitrogen and oxygen atoms in total. The molecule has 1 rings (SSSR count). The highest BCUT2D eigenvalue weighted by molar-refractivity contribution is 5.81. The second kappa shape index (κ2) is 8.92. The van der Waals surface area contributed by atoms with Gasteiger partial charge in [0, 0.05) is 6.54 Å². The predicted molar refractivity (Wildman–Crippen MR) is 75.8 cm³/mol. The Morgan fingerprint density at radius 1 is 1.25 bits per heavy atom. The first-order chi connectivity index (χ1) is 9.59. The van der Waals surface area contributed by atoms with E-state index in [2.05, 4.69) is 5.32 Å². The molecule has 0 heterocycles. The van der Waals surface area contributed by atoms with Gasteiger partial charge in [-0.1, -0.05) is 49.2 Å². The smallest absolute Gasteiger partial charge is 0.407 e. The van der Waals surface area contributed by atoms with Crippen molar-refractivity contribution in [1.29, 1.82) is 0 Å². The Kier molecular flexibility index (Phi) is 7.13. The van der Waals surface area contributed by atoms with Crippen molar-refractivity contribution in [2.75, 3.05) is 6.54 Å². The van der Waals surface area contributed by atoms with Crippen molar-refractivity contribution in [3.63, 3.8) is 0 Å². The van der Waals surface area contributed by atoms with E-state index in [1.807, 2.05) is 30.3 Å². The van der Waals surface area contributed by atoms with Crippen LogP contribution < -0.4 is 11.1 Å². The van der Waals surface area contributed by atoms with E-state index in [0.29, 0.717) is 25.8 Å². The number of rotatable bonds is 8. The highest BCUT2D eigenvalue weighted by Gasteiger charge is 2.03. The summed E-state index contributed by atoms with van der Waals surface area (Å²) < 4.78 is 5.03. The van der Waals surface area contributed by atoms with Crippen LogP contribution in [0.3, 0.4) is 0 Å². The second-order valence-electron chi connectivity index (χ2n) is 4.44. The van der Waals surface area contributed by atoms with Crippen LogP contribution in [0, 0.1) is 0 Å². The zero-order valence-electron chi connectivity index (χ0n) is 11.3. The lowest BCUT2D eigenvalue weighted by molar-refractivity contribution is -0.118. The number of carbonyl (C=O) groups excluding carboxylic acids is 2. The van der Waals surface area contributed by atoms with E-state index in [-0.39, 0.29) is 6.61 Å². The summed E-state index contributed by atoms with van der Waals surface area (Å²) >= 11 is 0. The summed E-state index contributed by atoms with van der Waals surface area (Å²) in [5.74, 6) is -0.611. The highest BCUT2D eigenvalue weighted by atomic mass is 16.5. The molecular formula is C14H20N3O3-. The Balaban J connectivity index is 2.05. The van der Waals surface area contributed by atoms with Crippen LogP contribution in [-0.4, -0.2) is 24.6 Å². The van der Waals surface area contributed by atoms with Crippen LogP contribution in [0.4, 0.5) is 4.79 Å². The van der Waals surface area contributed by atoms with Gasteiger partial charge in [-0.3, -0.25) is 4.79 Å². The van der Waals surface area contributed by atoms with Gasteiger partial charge in [0.15, 0.2) is 5.91 Å². The monoisotopic (exact) mass is 278 g/mol. The number of unbranched alkanes of at least 4 members (excludes halogenated alkanes) is 1. The van der Waals surface area contributed by atoms with Gasteiger partial charge in [-0.25, -0.2) is 4.79 Å². The first-order valence-electron chi connectivity index (χ1n) is 6.54. The number of benzene rings is 1. The number of hydrogen-bond acceptors (Lipinski definition) is 3. The number of ether oxygens (including phenoxy) is 1. The number of alkyl carbamates (subject to hydrolysis) is 1. The van der Waals surface area contributed by atoms with Gasteiger partial charge >= 0.3 is 6.09 Å². The summed E-state index contributed by atoms with van der Waals surface area (Å²) in [6.45, 7) is 0.697. The minimum Gasteiger partial charge on any atom is -0.667 e. The van der Waals surface area contributed by atoms with Crippen molar-refractivity contribution in [3.8, 4) is 0 Å². The fraction of sp³-hybridized carbons (Fsp3) is 0.429. The van der Waals surface area contributed by atoms with Gasteiger partial charge in [-0.05, 0) is 12.0 Å². The molecule has 1 unspecified atom stereocenters. The maximum atomic E-state index is 11.4. The molecule has 6 heteroatoms. The third-order valence-corrected chi connectivity index (χ3v) is 2.75. The highest BCUT2D eigenvalue weighted by Crippen LogP contribution is 2.03. The van der Waals surface area contributed by atoms with E-state index >= 15 is 0 Å². The summed E-state index contributed by atoms with van der Waals surface area (Å²) in [6.07, 6.45) is 1.29. The summed E-state index contributed by atoms with van der Waals surface area (Å²) in [6, 6.07) is 8.56. The molecule has 0 radical (unpaired) electrons. The molecule has 0 aliphatic rings. The van der Waals surface area contributed by atoms with E-state index in [4.69, 9.17) is 16.2 Å². The maximum absolute atomic E-state index is 11.4. The molecular weight excluding hydrogens is 258 g/mol. The fourth-order valence-corrected chi connectivity index (χ4v) is 1.58. The average Bonchev–Trinajstić information content (AvgIpc) is 2.45. The van der Waals surface area contributed by atoms with Crippen LogP contribution in [0.25, 0.3) is 5.73 Å². The van der Waals surface area contributed by atoms with E-state index < -0.39 is 18.0 Å². The van der Waals surface area contributed by atoms with E-state index in [0.717, 1.165) is 5.56 Å². The number of primary amides is 1. The van der Waals surface area contributed by atoms with Crippen molar-refractivity contribution >= 4 is 12.0 Å². The van der Waals surface area contributed by atoms with Crippen LogP contribution in [0.5, 0.6) is 0 Å². The van der Waals surface area contributed by atoms with Gasteiger partial charge in [0.25, 0.3) is 0 Å². The molecule has 0 aliphatic heterocycles. The topological polar surface area (TPSA) is 105 Å². The summed E-state index contributed by atoms with van der Waals surface area (Å²) in [7, 11) is 0. The molecule has 4 N–H and O–H groups in total. The van der Waals surface area contributed by atoms with Gasteiger partial charge in [-0.2, -0.15) is 0 Å². The van der Waals surface area contributed by atoms with Crippen molar-refractivity contribution in [2.24, 2.45) is 5.73 Å². The summed E-state index contributed by atoms with van der Waals surface area (Å²) in [4.78, 5) is 22.0. The molecule has 0 bridgehead atoms. The van der Waals surface area contributed by atoms with Crippen molar-refractivity contribution < 1.29 is 14.3 Å². The van der Waals surface area contributed by atoms with Crippen molar-refractivity contribution in [1.82, 2.24) is 5.32 Å². The fourth-order valence-electron chi connectivity index (χ4n) is 1.58. The molecule has 0 saturated heterocycles. The molecule has 1 atom stereocenters. The van der Waals surface area contributed by atoms with Gasteiger partial charge in [0.2, 0.25) is 0 Å². The molecule has 0 aliphatic carbocycles. The Bertz CT molecular complexity index is 423. The quantitative estimate of drug-likeness (QED) is 0.710. The predicted octanol–water partition coefficient (Wildman–Crippen LogP) is 1.99. The van der Waals surface area contributed by atoms with Gasteiger partial charge in [0.1, 0.15) is 6.61 Å². The zero-order chi connectivity index (χ0) is 14.8. The van der Waals surface area contributed by atoms with Gasteiger partial charge in [0.05, 0.1) is 0 Å². The van der Waals surface area contributed by atoms with Crippen molar-refractivity contribution in [3.05, 3.63) is 41.6 Å². The Labute approximate surface area is 118 Å². The number of nitrogens with one attached hydrogen (secondary N) is 2. The second-order valence-corrected chi connectivity index (χ2v) is 4.44. The maximum Gasteiger partial charge on any atom is 0.407 e. The number of nitrogens with two attached hydrogens (primary N) is 1. The molecule has 1 aromatic carbocycles. The van der Waals surface area contributed by atoms with E-state index in [9.17, 15) is 9.59 Å². The molecule has 0 aromatic heterocycles. The van der Waals surface area contributed by atoms with Crippen LogP contribution in [0.1, 0.15) is 24.8 Å². The molecule has 20 heavy (non-hydrogen) atoms. The molecule has 1 aromatic rings. The van der Waals surface area contributed by atoms with Crippen LogP contribution >= 0.6 is 0 Å². The molecule has 0 fully saturated rings. The van der Waals surface area contributed by atoms with Crippen LogP contribution in [-0.2, 0) is 16.1 Å². The van der Waals surface area contributed by atoms with Crippen molar-refractivity contribution in [2.45, 2.75) is 31.9 Å². The molecule has 0 spiro atoms. The van der Waals surface area contributed by atoms with Crippen LogP contribution in [0.2, 0.25) is 0 Å². The average molecular weight is 278 g/mol. The molecule has 110 valence electrons. The normalized spacial score (nSPS) is 11.7. The van der Waals surface area contributed by atoms with Crippen LogP contribution in [0.15, 0.2) is 30.3 Å².